The second-order valence-electron chi connectivity index (χ2n) is 4.57. The third-order valence-corrected chi connectivity index (χ3v) is 3.56. The lowest BCUT2D eigenvalue weighted by Crippen LogP contribution is -2.42. The van der Waals surface area contributed by atoms with E-state index in [9.17, 15) is 4.79 Å². The summed E-state index contributed by atoms with van der Waals surface area (Å²) in [6.45, 7) is 0. The van der Waals surface area contributed by atoms with Gasteiger partial charge in [-0.15, -0.1) is 0 Å². The van der Waals surface area contributed by atoms with Crippen molar-refractivity contribution in [2.45, 2.75) is 44.6 Å². The number of nitrogens with zero attached hydrogens (tertiary/aromatic N) is 3. The first-order valence-corrected chi connectivity index (χ1v) is 5.97. The molecule has 3 rings (SSSR count). The molecule has 4 heteroatoms. The fourth-order valence-corrected chi connectivity index (χ4v) is 2.76. The number of amides is 1. The van der Waals surface area contributed by atoms with Gasteiger partial charge >= 0.3 is 0 Å². The summed E-state index contributed by atoms with van der Waals surface area (Å²) < 4.78 is 0. The molecular weight excluding hydrogens is 202 g/mol. The van der Waals surface area contributed by atoms with Gasteiger partial charge in [0.25, 0.3) is 0 Å². The van der Waals surface area contributed by atoms with Crippen LogP contribution in [0.1, 0.15) is 37.7 Å². The number of carbonyl (C=O) groups is 1. The fourth-order valence-electron chi connectivity index (χ4n) is 2.76. The smallest absolute Gasteiger partial charge is 0.228 e. The highest BCUT2D eigenvalue weighted by atomic mass is 16.2. The summed E-state index contributed by atoms with van der Waals surface area (Å²) in [7, 11) is 0. The molecule has 1 saturated carbocycles. The van der Waals surface area contributed by atoms with E-state index >= 15 is 0 Å². The molecule has 1 fully saturated rings. The highest BCUT2D eigenvalue weighted by molar-refractivity contribution is 5.95. The third-order valence-electron chi connectivity index (χ3n) is 3.56. The van der Waals surface area contributed by atoms with Gasteiger partial charge < -0.3 is 0 Å². The minimum absolute atomic E-state index is 0.234. The van der Waals surface area contributed by atoms with E-state index in [4.69, 9.17) is 0 Å². The monoisotopic (exact) mass is 217 g/mol. The fraction of sp³-hybridized carbons (Fsp3) is 0.583. The molecule has 0 aromatic carbocycles. The molecule has 0 atom stereocenters. The molecule has 0 N–H and O–H groups in total. The molecule has 16 heavy (non-hydrogen) atoms. The summed E-state index contributed by atoms with van der Waals surface area (Å²) in [5, 5.41) is 0. The minimum atomic E-state index is 0.234. The van der Waals surface area contributed by atoms with Gasteiger partial charge in [0.1, 0.15) is 12.1 Å². The molecule has 84 valence electrons. The zero-order valence-electron chi connectivity index (χ0n) is 9.22. The molecule has 4 nitrogen and oxygen atoms in total. The number of rotatable bonds is 1. The first kappa shape index (κ1) is 9.75. The standard InChI is InChI=1S/C12H15N3O/c16-11-6-5-9-7-13-8-14-12(9)15(11)10-3-1-2-4-10/h7-8,10H,1-6H2. The minimum Gasteiger partial charge on any atom is -0.293 e. The summed E-state index contributed by atoms with van der Waals surface area (Å²) in [5.41, 5.74) is 1.12. The Labute approximate surface area is 94.7 Å². The van der Waals surface area contributed by atoms with Crippen molar-refractivity contribution in [3.05, 3.63) is 18.1 Å². The first-order chi connectivity index (χ1) is 7.86. The Morgan fingerprint density at radius 2 is 2.06 bits per heavy atom. The number of anilines is 1. The van der Waals surface area contributed by atoms with Crippen molar-refractivity contribution in [3.8, 4) is 0 Å². The van der Waals surface area contributed by atoms with Crippen LogP contribution in [0.25, 0.3) is 0 Å². The summed E-state index contributed by atoms with van der Waals surface area (Å²) in [6.07, 6.45) is 9.49. The Bertz CT molecular complexity index is 412. The van der Waals surface area contributed by atoms with Crippen LogP contribution in [0, 0.1) is 0 Å². The number of aromatic nitrogens is 2. The van der Waals surface area contributed by atoms with Gasteiger partial charge in [-0.25, -0.2) is 9.97 Å². The van der Waals surface area contributed by atoms with Crippen molar-refractivity contribution in [3.63, 3.8) is 0 Å². The molecule has 0 unspecified atom stereocenters. The normalized spacial score (nSPS) is 21.2. The Morgan fingerprint density at radius 1 is 1.25 bits per heavy atom. The Kier molecular flexibility index (Phi) is 2.35. The highest BCUT2D eigenvalue weighted by Gasteiger charge is 2.32. The molecule has 1 aromatic heterocycles. The zero-order chi connectivity index (χ0) is 11.0. The predicted molar refractivity (Wildman–Crippen MR) is 60.1 cm³/mol. The van der Waals surface area contributed by atoms with Crippen molar-refractivity contribution in [1.82, 2.24) is 9.97 Å². The van der Waals surface area contributed by atoms with Gasteiger partial charge in [-0.3, -0.25) is 9.69 Å². The number of hydrogen-bond donors (Lipinski definition) is 0. The van der Waals surface area contributed by atoms with E-state index < -0.39 is 0 Å². The van der Waals surface area contributed by atoms with Gasteiger partial charge in [0.05, 0.1) is 0 Å². The first-order valence-electron chi connectivity index (χ1n) is 5.97. The lowest BCUT2D eigenvalue weighted by Gasteiger charge is -2.32. The van der Waals surface area contributed by atoms with Gasteiger partial charge in [-0.1, -0.05) is 12.8 Å². The van der Waals surface area contributed by atoms with E-state index in [1.54, 1.807) is 6.33 Å². The Morgan fingerprint density at radius 3 is 2.88 bits per heavy atom. The van der Waals surface area contributed by atoms with E-state index in [0.717, 1.165) is 30.6 Å². The molecule has 0 spiro atoms. The van der Waals surface area contributed by atoms with E-state index in [1.807, 2.05) is 11.1 Å². The van der Waals surface area contributed by atoms with Gasteiger partial charge in [0.2, 0.25) is 5.91 Å². The Hall–Kier alpha value is -1.45. The van der Waals surface area contributed by atoms with Crippen LogP contribution in [0.3, 0.4) is 0 Å². The van der Waals surface area contributed by atoms with E-state index in [0.29, 0.717) is 12.5 Å². The maximum absolute atomic E-state index is 12.0. The molecule has 1 aliphatic carbocycles. The van der Waals surface area contributed by atoms with Crippen LogP contribution in [0.2, 0.25) is 0 Å². The van der Waals surface area contributed by atoms with Crippen LogP contribution in [-0.2, 0) is 11.2 Å². The number of fused-ring (bicyclic) bond motifs is 1. The maximum atomic E-state index is 12.0. The molecule has 1 amide bonds. The van der Waals surface area contributed by atoms with Crippen LogP contribution in [0.5, 0.6) is 0 Å². The van der Waals surface area contributed by atoms with Crippen LogP contribution in [0.15, 0.2) is 12.5 Å². The largest absolute Gasteiger partial charge is 0.293 e. The Balaban J connectivity index is 1.99. The summed E-state index contributed by atoms with van der Waals surface area (Å²) in [5.74, 6) is 1.09. The van der Waals surface area contributed by atoms with Gasteiger partial charge in [-0.2, -0.15) is 0 Å². The molecule has 2 aliphatic rings. The average molecular weight is 217 g/mol. The van der Waals surface area contributed by atoms with Crippen LogP contribution >= 0.6 is 0 Å². The van der Waals surface area contributed by atoms with E-state index in [1.165, 1.54) is 12.8 Å². The number of hydrogen-bond acceptors (Lipinski definition) is 3. The highest BCUT2D eigenvalue weighted by Crippen LogP contribution is 2.32. The predicted octanol–water partition coefficient (Wildman–Crippen LogP) is 1.70. The van der Waals surface area contributed by atoms with Crippen molar-refractivity contribution < 1.29 is 4.79 Å². The molecule has 0 saturated heterocycles. The van der Waals surface area contributed by atoms with Crippen molar-refractivity contribution in [1.29, 1.82) is 0 Å². The summed E-state index contributed by atoms with van der Waals surface area (Å²) in [4.78, 5) is 22.3. The average Bonchev–Trinajstić information content (AvgIpc) is 2.82. The number of aryl methyl sites for hydroxylation is 1. The van der Waals surface area contributed by atoms with E-state index in [-0.39, 0.29) is 5.91 Å². The third kappa shape index (κ3) is 1.49. The topological polar surface area (TPSA) is 46.1 Å². The summed E-state index contributed by atoms with van der Waals surface area (Å²) >= 11 is 0. The van der Waals surface area contributed by atoms with Crippen LogP contribution in [-0.4, -0.2) is 21.9 Å². The van der Waals surface area contributed by atoms with E-state index in [2.05, 4.69) is 9.97 Å². The van der Waals surface area contributed by atoms with Gasteiger partial charge in [-0.05, 0) is 19.3 Å². The molecule has 1 aliphatic heterocycles. The molecule has 0 bridgehead atoms. The van der Waals surface area contributed by atoms with Crippen LogP contribution in [0.4, 0.5) is 5.82 Å². The van der Waals surface area contributed by atoms with Crippen molar-refractivity contribution in [2.24, 2.45) is 0 Å². The number of carbonyl (C=O) groups excluding carboxylic acids is 1. The molecule has 1 aromatic rings. The molecular formula is C12H15N3O. The lowest BCUT2D eigenvalue weighted by atomic mass is 10.0. The second kappa shape index (κ2) is 3.85. The van der Waals surface area contributed by atoms with Crippen LogP contribution < -0.4 is 4.90 Å². The zero-order valence-corrected chi connectivity index (χ0v) is 9.22. The van der Waals surface area contributed by atoms with Gasteiger partial charge in [0, 0.05) is 24.2 Å². The lowest BCUT2D eigenvalue weighted by molar-refractivity contribution is -0.119. The van der Waals surface area contributed by atoms with Gasteiger partial charge in [0.15, 0.2) is 0 Å². The second-order valence-corrected chi connectivity index (χ2v) is 4.57. The van der Waals surface area contributed by atoms with Crippen molar-refractivity contribution in [2.75, 3.05) is 4.90 Å². The SMILES string of the molecule is O=C1CCc2cncnc2N1C1CCCC1. The molecule has 2 heterocycles. The maximum Gasteiger partial charge on any atom is 0.228 e. The quantitative estimate of drug-likeness (QED) is 0.719. The molecule has 0 radical (unpaired) electrons. The van der Waals surface area contributed by atoms with Crippen molar-refractivity contribution >= 4 is 11.7 Å². The summed E-state index contributed by atoms with van der Waals surface area (Å²) in [6, 6.07) is 0.376.